The lowest BCUT2D eigenvalue weighted by atomic mass is 9.98. The molecule has 4 N–H and O–H groups in total. The Labute approximate surface area is 339 Å². The van der Waals surface area contributed by atoms with Gasteiger partial charge in [0.15, 0.2) is 11.6 Å². The average molecular weight is 795 g/mol. The summed E-state index contributed by atoms with van der Waals surface area (Å²) in [4.78, 5) is 95.8. The minimum Gasteiger partial charge on any atom is -0.381 e. The summed E-state index contributed by atoms with van der Waals surface area (Å²) >= 11 is 0. The van der Waals surface area contributed by atoms with Crippen molar-refractivity contribution >= 4 is 69.1 Å². The number of amides is 5. The number of nitrogens with one attached hydrogen (secondary N) is 2. The Morgan fingerprint density at radius 2 is 1.61 bits per heavy atom. The number of carbonyl (C=O) groups is 7. The highest BCUT2D eigenvalue weighted by molar-refractivity contribution is 6.25. The second kappa shape index (κ2) is 17.6. The molecule has 1 unspecified atom stereocenters. The normalized spacial score (nSPS) is 14.9. The molecule has 5 amide bonds. The van der Waals surface area contributed by atoms with Gasteiger partial charge >= 0.3 is 0 Å². The van der Waals surface area contributed by atoms with Gasteiger partial charge < -0.3 is 20.7 Å². The molecular formula is C45H42N6O8. The maximum absolute atomic E-state index is 13.4. The zero-order chi connectivity index (χ0) is 41.6. The van der Waals surface area contributed by atoms with Gasteiger partial charge in [0.25, 0.3) is 17.7 Å². The number of nitrogens with two attached hydrogens (primary N) is 1. The van der Waals surface area contributed by atoms with Gasteiger partial charge in [0.2, 0.25) is 11.8 Å². The number of ketones is 2. The molecule has 14 nitrogen and oxygen atoms in total. The second-order valence-electron chi connectivity index (χ2n) is 14.5. The first-order chi connectivity index (χ1) is 28.5. The van der Waals surface area contributed by atoms with Crippen LogP contribution in [-0.4, -0.2) is 83.8 Å². The maximum Gasteiger partial charge on any atom is 0.264 e. The average Bonchev–Trinajstić information content (AvgIpc) is 3.49. The number of ether oxygens (including phenoxy) is 1. The van der Waals surface area contributed by atoms with Crippen LogP contribution in [0.1, 0.15) is 80.0 Å². The van der Waals surface area contributed by atoms with E-state index in [0.29, 0.717) is 54.9 Å². The molecule has 1 fully saturated rings. The van der Waals surface area contributed by atoms with Crippen LogP contribution in [0.5, 0.6) is 0 Å². The molecule has 0 bridgehead atoms. The smallest absolute Gasteiger partial charge is 0.264 e. The number of fused-ring (bicyclic) bond motifs is 2. The minimum atomic E-state index is -1.08. The summed E-state index contributed by atoms with van der Waals surface area (Å²) in [6.07, 6.45) is 3.04. The molecule has 14 heteroatoms. The van der Waals surface area contributed by atoms with E-state index >= 15 is 0 Å². The van der Waals surface area contributed by atoms with Crippen molar-refractivity contribution in [2.24, 2.45) is 5.73 Å². The van der Waals surface area contributed by atoms with Crippen molar-refractivity contribution in [2.45, 2.75) is 44.6 Å². The molecule has 1 aromatic heterocycles. The minimum absolute atomic E-state index is 0.00949. The third-order valence-corrected chi connectivity index (χ3v) is 10.4. The van der Waals surface area contributed by atoms with Crippen LogP contribution in [0.3, 0.4) is 0 Å². The van der Waals surface area contributed by atoms with E-state index in [9.17, 15) is 33.6 Å². The van der Waals surface area contributed by atoms with Gasteiger partial charge in [-0.05, 0) is 66.8 Å². The van der Waals surface area contributed by atoms with E-state index in [-0.39, 0.29) is 54.1 Å². The molecule has 5 aromatic rings. The zero-order valence-corrected chi connectivity index (χ0v) is 32.4. The first kappa shape index (κ1) is 40.1. The number of nitrogens with zero attached hydrogens (tertiary/aromatic N) is 3. The SMILES string of the molecule is CN(CC(=O)CCCOCCCC(=O)c1ccc(-c2ccc3ncc(C(N)=O)c(Nc4ccccc4)c3c2)cc1)c1cccc2c1C(=O)N(C1CCC(=O)NC1=O)C2=O. The highest BCUT2D eigenvalue weighted by Crippen LogP contribution is 2.35. The first-order valence-corrected chi connectivity index (χ1v) is 19.3. The highest BCUT2D eigenvalue weighted by atomic mass is 16.5. The van der Waals surface area contributed by atoms with E-state index in [1.807, 2.05) is 60.7 Å². The predicted octanol–water partition coefficient (Wildman–Crippen LogP) is 5.61. The molecule has 0 aliphatic carbocycles. The number of carbonyl (C=O) groups excluding carboxylic acids is 7. The Kier molecular flexibility index (Phi) is 12.0. The predicted molar refractivity (Wildman–Crippen MR) is 220 cm³/mol. The molecule has 59 heavy (non-hydrogen) atoms. The molecule has 4 aromatic carbocycles. The Morgan fingerprint density at radius 1 is 0.881 bits per heavy atom. The van der Waals surface area contributed by atoms with Crippen molar-refractivity contribution in [1.29, 1.82) is 0 Å². The van der Waals surface area contributed by atoms with E-state index in [2.05, 4.69) is 15.6 Å². The summed E-state index contributed by atoms with van der Waals surface area (Å²) in [6.45, 7) is 0.674. The number of anilines is 3. The number of para-hydroxylation sites is 1. The van der Waals surface area contributed by atoms with E-state index in [4.69, 9.17) is 10.5 Å². The summed E-state index contributed by atoms with van der Waals surface area (Å²) in [7, 11) is 1.66. The van der Waals surface area contributed by atoms with Crippen LogP contribution in [0, 0.1) is 0 Å². The fourth-order valence-corrected chi connectivity index (χ4v) is 7.40. The van der Waals surface area contributed by atoms with Crippen molar-refractivity contribution in [3.63, 3.8) is 0 Å². The molecule has 1 atom stereocenters. The van der Waals surface area contributed by atoms with Crippen LogP contribution in [0.15, 0.2) is 97.2 Å². The van der Waals surface area contributed by atoms with Crippen molar-refractivity contribution in [3.8, 4) is 11.1 Å². The number of rotatable bonds is 17. The van der Waals surface area contributed by atoms with Gasteiger partial charge in [0.1, 0.15) is 6.04 Å². The number of benzene rings is 4. The van der Waals surface area contributed by atoms with Crippen LogP contribution < -0.4 is 21.3 Å². The van der Waals surface area contributed by atoms with Gasteiger partial charge in [-0.2, -0.15) is 0 Å². The lowest BCUT2D eigenvalue weighted by Gasteiger charge is -2.28. The monoisotopic (exact) mass is 794 g/mol. The fraction of sp³-hybridized carbons (Fsp3) is 0.244. The van der Waals surface area contributed by atoms with Gasteiger partial charge in [-0.1, -0.05) is 54.6 Å². The molecule has 0 saturated carbocycles. The Hall–Kier alpha value is -7.06. The fourth-order valence-electron chi connectivity index (χ4n) is 7.40. The molecule has 1 saturated heterocycles. The summed E-state index contributed by atoms with van der Waals surface area (Å²) < 4.78 is 5.71. The van der Waals surface area contributed by atoms with Crippen LogP contribution in [0.25, 0.3) is 22.0 Å². The van der Waals surface area contributed by atoms with E-state index in [1.165, 1.54) is 12.3 Å². The van der Waals surface area contributed by atoms with Gasteiger partial charge in [0, 0.05) is 62.4 Å². The standard InChI is InChI=1S/C45H42N6O8/c1-50(36-12-5-11-32-40(36)45(58)51(44(32)57)37-20-21-39(54)49-43(37)56)26-31(52)10-6-22-59-23-7-13-38(53)28-16-14-27(15-17-28)29-18-19-35-33(24-29)41(34(25-47-35)42(46)55)48-30-8-3-2-4-9-30/h2-5,8-9,11-12,14-19,24-25,37H,6-7,10,13,20-23,26H2,1H3,(H2,46,55)(H,47,48)(H,49,54,56). The zero-order valence-electron chi connectivity index (χ0n) is 32.4. The number of pyridine rings is 1. The van der Waals surface area contributed by atoms with Crippen molar-refractivity contribution < 1.29 is 38.3 Å². The van der Waals surface area contributed by atoms with Crippen molar-refractivity contribution in [2.75, 3.05) is 37.0 Å². The third kappa shape index (κ3) is 8.77. The van der Waals surface area contributed by atoms with Crippen molar-refractivity contribution in [1.82, 2.24) is 15.2 Å². The molecule has 0 spiro atoms. The van der Waals surface area contributed by atoms with Crippen molar-refractivity contribution in [3.05, 3.63) is 119 Å². The molecule has 7 rings (SSSR count). The highest BCUT2D eigenvalue weighted by Gasteiger charge is 2.46. The van der Waals surface area contributed by atoms with Crippen LogP contribution in [0.2, 0.25) is 0 Å². The number of hydrogen-bond acceptors (Lipinski definition) is 11. The van der Waals surface area contributed by atoms with E-state index in [1.54, 1.807) is 36.2 Å². The third-order valence-electron chi connectivity index (χ3n) is 10.4. The topological polar surface area (TPSA) is 198 Å². The molecule has 2 aliphatic rings. The number of piperidine rings is 1. The Balaban J connectivity index is 0.861. The molecule has 300 valence electrons. The van der Waals surface area contributed by atoms with Crippen LogP contribution in [-0.2, 0) is 19.1 Å². The van der Waals surface area contributed by atoms with Gasteiger partial charge in [-0.3, -0.25) is 48.8 Å². The maximum atomic E-state index is 13.4. The van der Waals surface area contributed by atoms with Gasteiger partial charge in [-0.15, -0.1) is 0 Å². The number of likely N-dealkylation sites (N-methyl/N-ethyl adjacent to an activating group) is 1. The summed E-state index contributed by atoms with van der Waals surface area (Å²) in [5.74, 6) is -3.08. The largest absolute Gasteiger partial charge is 0.381 e. The Morgan fingerprint density at radius 3 is 2.34 bits per heavy atom. The quantitative estimate of drug-likeness (QED) is 0.0601. The second-order valence-corrected chi connectivity index (χ2v) is 14.5. The van der Waals surface area contributed by atoms with Crippen LogP contribution >= 0.6 is 0 Å². The number of imide groups is 2. The number of aromatic nitrogens is 1. The first-order valence-electron chi connectivity index (χ1n) is 19.3. The number of hydrogen-bond donors (Lipinski definition) is 3. The van der Waals surface area contributed by atoms with Gasteiger partial charge in [-0.25, -0.2) is 0 Å². The summed E-state index contributed by atoms with van der Waals surface area (Å²) in [5, 5.41) is 6.24. The summed E-state index contributed by atoms with van der Waals surface area (Å²) in [6, 6.07) is 26.3. The number of Topliss-reactive ketones (excluding diaryl/α,β-unsaturated/α-hetero) is 2. The lowest BCUT2D eigenvalue weighted by molar-refractivity contribution is -0.136. The Bertz CT molecular complexity index is 2490. The van der Waals surface area contributed by atoms with Gasteiger partial charge in [0.05, 0.1) is 40.1 Å². The molecule has 0 radical (unpaired) electrons. The number of primary amides is 1. The molecule has 2 aliphatic heterocycles. The lowest BCUT2D eigenvalue weighted by Crippen LogP contribution is -2.54. The molecule has 3 heterocycles. The summed E-state index contributed by atoms with van der Waals surface area (Å²) in [5.41, 5.74) is 11.0. The van der Waals surface area contributed by atoms with Crippen LogP contribution in [0.4, 0.5) is 17.1 Å². The van der Waals surface area contributed by atoms with E-state index < -0.39 is 35.6 Å². The van der Waals surface area contributed by atoms with E-state index in [0.717, 1.165) is 27.1 Å². The molecular weight excluding hydrogens is 753 g/mol.